The van der Waals surface area contributed by atoms with Crippen LogP contribution >= 0.6 is 0 Å². The monoisotopic (exact) mass is 260 g/mol. The smallest absolute Gasteiger partial charge is 0.235 e. The number of ether oxygens (including phenoxy) is 1. The molecule has 0 aromatic carbocycles. The molecule has 4 nitrogen and oxygen atoms in total. The number of carbonyl (C=O) groups excluding carboxylic acids is 1. The number of aromatic nitrogens is 1. The van der Waals surface area contributed by atoms with Crippen LogP contribution < -0.4 is 10.1 Å². The molecule has 2 heterocycles. The lowest BCUT2D eigenvalue weighted by Crippen LogP contribution is -2.31. The Kier molecular flexibility index (Phi) is 3.60. The van der Waals surface area contributed by atoms with Crippen molar-refractivity contribution >= 4 is 11.7 Å². The number of nitrogens with one attached hydrogen (secondary N) is 1. The third-order valence-electron chi connectivity index (χ3n) is 3.67. The Hall–Kier alpha value is -1.84. The molecule has 0 atom stereocenters. The summed E-state index contributed by atoms with van der Waals surface area (Å²) in [4.78, 5) is 16.4. The second kappa shape index (κ2) is 5.03. The summed E-state index contributed by atoms with van der Waals surface area (Å²) >= 11 is 0. The first-order valence-electron chi connectivity index (χ1n) is 6.50. The van der Waals surface area contributed by atoms with Gasteiger partial charge in [-0.15, -0.1) is 0 Å². The molecule has 1 aliphatic heterocycles. The van der Waals surface area contributed by atoms with Gasteiger partial charge in [0.15, 0.2) is 0 Å². The molecule has 0 spiro atoms. The molecular formula is C15H20N2O2. The zero-order chi connectivity index (χ0) is 14.0. The fraction of sp³-hybridized carbons (Fsp3) is 0.467. The average molecular weight is 260 g/mol. The van der Waals surface area contributed by atoms with E-state index in [9.17, 15) is 4.79 Å². The molecule has 0 saturated carbocycles. The lowest BCUT2D eigenvalue weighted by atomic mass is 9.85. The molecule has 0 aliphatic carbocycles. The highest BCUT2D eigenvalue weighted by Crippen LogP contribution is 2.28. The van der Waals surface area contributed by atoms with Gasteiger partial charge in [0.05, 0.1) is 18.2 Å². The minimum Gasteiger partial charge on any atom is -0.492 e. The number of hydrogen-bond donors (Lipinski definition) is 1. The van der Waals surface area contributed by atoms with Crippen LogP contribution in [0.25, 0.3) is 0 Å². The number of fused-ring (bicyclic) bond motifs is 1. The van der Waals surface area contributed by atoms with Gasteiger partial charge in [0.2, 0.25) is 5.91 Å². The molecule has 1 amide bonds. The van der Waals surface area contributed by atoms with Gasteiger partial charge in [-0.05, 0) is 45.2 Å². The van der Waals surface area contributed by atoms with Crippen LogP contribution in [0.3, 0.4) is 0 Å². The summed E-state index contributed by atoms with van der Waals surface area (Å²) in [6, 6.07) is 1.89. The molecule has 1 aliphatic rings. The summed E-state index contributed by atoms with van der Waals surface area (Å²) in [5, 5.41) is 2.85. The van der Waals surface area contributed by atoms with Crippen LogP contribution in [0.2, 0.25) is 0 Å². The third-order valence-corrected chi connectivity index (χ3v) is 3.67. The van der Waals surface area contributed by atoms with Crippen LogP contribution in [0.1, 0.15) is 32.8 Å². The summed E-state index contributed by atoms with van der Waals surface area (Å²) in [6.07, 6.45) is 3.64. The van der Waals surface area contributed by atoms with E-state index in [1.807, 2.05) is 26.8 Å². The summed E-state index contributed by atoms with van der Waals surface area (Å²) in [6.45, 7) is 10.2. The number of nitrogens with zero attached hydrogens (tertiary/aromatic N) is 1. The fourth-order valence-electron chi connectivity index (χ4n) is 1.79. The lowest BCUT2D eigenvalue weighted by Gasteiger charge is -2.24. The van der Waals surface area contributed by atoms with Gasteiger partial charge in [-0.1, -0.05) is 12.2 Å². The molecular weight excluding hydrogens is 240 g/mol. The largest absolute Gasteiger partial charge is 0.492 e. The highest BCUT2D eigenvalue weighted by Gasteiger charge is 2.28. The normalized spacial score (nSPS) is 14.3. The van der Waals surface area contributed by atoms with E-state index in [-0.39, 0.29) is 5.91 Å². The van der Waals surface area contributed by atoms with Gasteiger partial charge in [-0.3, -0.25) is 4.79 Å². The maximum atomic E-state index is 12.2. The molecule has 19 heavy (non-hydrogen) atoms. The van der Waals surface area contributed by atoms with E-state index in [0.717, 1.165) is 36.3 Å². The van der Waals surface area contributed by atoms with Gasteiger partial charge in [0, 0.05) is 0 Å². The average Bonchev–Trinajstić information content (AvgIpc) is 2.38. The van der Waals surface area contributed by atoms with Gasteiger partial charge in [-0.25, -0.2) is 4.98 Å². The molecule has 0 fully saturated rings. The van der Waals surface area contributed by atoms with Crippen molar-refractivity contribution in [1.29, 1.82) is 0 Å². The molecule has 1 N–H and O–H groups in total. The molecule has 2 rings (SSSR count). The van der Waals surface area contributed by atoms with E-state index in [4.69, 9.17) is 4.74 Å². The van der Waals surface area contributed by atoms with E-state index in [1.165, 1.54) is 0 Å². The highest BCUT2D eigenvalue weighted by atomic mass is 16.5. The summed E-state index contributed by atoms with van der Waals surface area (Å²) in [7, 11) is 0. The molecule has 1 aromatic rings. The number of amides is 1. The zero-order valence-corrected chi connectivity index (χ0v) is 11.7. The van der Waals surface area contributed by atoms with Crippen molar-refractivity contribution in [1.82, 2.24) is 4.98 Å². The lowest BCUT2D eigenvalue weighted by molar-refractivity contribution is -0.122. The Morgan fingerprint density at radius 1 is 1.53 bits per heavy atom. The van der Waals surface area contributed by atoms with Crippen LogP contribution in [-0.2, 0) is 11.2 Å². The number of pyridine rings is 1. The number of aryl methyl sites for hydroxylation is 1. The van der Waals surface area contributed by atoms with Crippen LogP contribution in [-0.4, -0.2) is 17.5 Å². The van der Waals surface area contributed by atoms with Crippen molar-refractivity contribution in [3.8, 4) is 5.75 Å². The maximum Gasteiger partial charge on any atom is 0.235 e. The van der Waals surface area contributed by atoms with Crippen LogP contribution in [0.5, 0.6) is 5.75 Å². The maximum absolute atomic E-state index is 12.2. The van der Waals surface area contributed by atoms with Crippen LogP contribution in [0.15, 0.2) is 24.4 Å². The summed E-state index contributed by atoms with van der Waals surface area (Å²) < 4.78 is 5.50. The predicted octanol–water partition coefficient (Wildman–Crippen LogP) is 2.95. The zero-order valence-electron chi connectivity index (χ0n) is 11.7. The van der Waals surface area contributed by atoms with Gasteiger partial charge in [0.1, 0.15) is 11.6 Å². The minimum absolute atomic E-state index is 0.0934. The molecule has 1 aromatic heterocycles. The Labute approximate surface area is 113 Å². The number of anilines is 1. The first-order valence-corrected chi connectivity index (χ1v) is 6.50. The molecule has 4 heteroatoms. The molecule has 0 unspecified atom stereocenters. The minimum atomic E-state index is -0.603. The topological polar surface area (TPSA) is 51.2 Å². The van der Waals surface area contributed by atoms with Gasteiger partial charge in [-0.2, -0.15) is 0 Å². The van der Waals surface area contributed by atoms with Crippen molar-refractivity contribution in [2.75, 3.05) is 11.9 Å². The Morgan fingerprint density at radius 3 is 2.95 bits per heavy atom. The van der Waals surface area contributed by atoms with E-state index in [1.54, 1.807) is 6.20 Å². The number of hydrogen-bond acceptors (Lipinski definition) is 3. The molecule has 0 bridgehead atoms. The van der Waals surface area contributed by atoms with E-state index >= 15 is 0 Å². The van der Waals surface area contributed by atoms with Crippen molar-refractivity contribution in [3.05, 3.63) is 30.0 Å². The fourth-order valence-corrected chi connectivity index (χ4v) is 1.79. The van der Waals surface area contributed by atoms with E-state index in [2.05, 4.69) is 16.9 Å². The second-order valence-electron chi connectivity index (χ2n) is 5.49. The quantitative estimate of drug-likeness (QED) is 0.850. The summed E-state index contributed by atoms with van der Waals surface area (Å²) in [5.41, 5.74) is 1.32. The first kappa shape index (κ1) is 13.6. The Bertz CT molecular complexity index is 521. The summed E-state index contributed by atoms with van der Waals surface area (Å²) in [5.74, 6) is 1.30. The van der Waals surface area contributed by atoms with Crippen molar-refractivity contribution in [2.24, 2.45) is 5.41 Å². The van der Waals surface area contributed by atoms with Gasteiger partial charge in [0.25, 0.3) is 0 Å². The first-order chi connectivity index (χ1) is 8.91. The molecule has 102 valence electrons. The predicted molar refractivity (Wildman–Crippen MR) is 75.3 cm³/mol. The van der Waals surface area contributed by atoms with Crippen molar-refractivity contribution in [3.63, 3.8) is 0 Å². The molecule has 0 radical (unpaired) electrons. The van der Waals surface area contributed by atoms with E-state index in [0.29, 0.717) is 5.82 Å². The number of carbonyl (C=O) groups is 1. The number of rotatable bonds is 3. The third kappa shape index (κ3) is 2.78. The van der Waals surface area contributed by atoms with Crippen molar-refractivity contribution in [2.45, 2.75) is 33.6 Å². The standard InChI is InChI=1S/C15H20N2O2/c1-10(2)15(3,4)14(18)17-13-8-11-6-5-7-19-12(11)9-16-13/h8-9H,1,5-7H2,2-4H3,(H,16,17,18). The Balaban J connectivity index is 2.16. The second-order valence-corrected chi connectivity index (χ2v) is 5.49. The van der Waals surface area contributed by atoms with E-state index < -0.39 is 5.41 Å². The van der Waals surface area contributed by atoms with Crippen LogP contribution in [0, 0.1) is 5.41 Å². The SMILES string of the molecule is C=C(C)C(C)(C)C(=O)Nc1cc2c(cn1)OCCC2. The van der Waals surface area contributed by atoms with Gasteiger partial charge < -0.3 is 10.1 Å². The highest BCUT2D eigenvalue weighted by molar-refractivity contribution is 5.96. The Morgan fingerprint density at radius 2 is 2.26 bits per heavy atom. The van der Waals surface area contributed by atoms with Gasteiger partial charge >= 0.3 is 0 Å². The van der Waals surface area contributed by atoms with Crippen molar-refractivity contribution < 1.29 is 9.53 Å². The van der Waals surface area contributed by atoms with Crippen LogP contribution in [0.4, 0.5) is 5.82 Å². The molecule has 0 saturated heterocycles.